The SMILES string of the molecule is CC(CCCC(=O)O)NC(=O)c1nc(NC(=O)OCC2c3ccccc3-c3ccccc32)n[nH]1. The lowest BCUT2D eigenvalue weighted by atomic mass is 9.98. The molecule has 10 nitrogen and oxygen atoms in total. The predicted octanol–water partition coefficient (Wildman–Crippen LogP) is 3.54. The Labute approximate surface area is 195 Å². The average Bonchev–Trinajstić information content (AvgIpc) is 3.40. The Hall–Kier alpha value is -4.21. The maximum Gasteiger partial charge on any atom is 0.414 e. The Balaban J connectivity index is 1.30. The summed E-state index contributed by atoms with van der Waals surface area (Å²) >= 11 is 0. The van der Waals surface area contributed by atoms with Crippen molar-refractivity contribution < 1.29 is 24.2 Å². The normalized spacial score (nSPS) is 13.0. The van der Waals surface area contributed by atoms with Crippen molar-refractivity contribution in [2.24, 2.45) is 0 Å². The Morgan fingerprint density at radius 1 is 1.09 bits per heavy atom. The maximum atomic E-state index is 12.3. The third-order valence-electron chi connectivity index (χ3n) is 5.66. The van der Waals surface area contributed by atoms with E-state index in [4.69, 9.17) is 9.84 Å². The number of anilines is 1. The topological polar surface area (TPSA) is 146 Å². The molecule has 2 amide bonds. The second-order valence-electron chi connectivity index (χ2n) is 8.12. The van der Waals surface area contributed by atoms with Crippen LogP contribution in [-0.4, -0.2) is 50.9 Å². The average molecular weight is 463 g/mol. The quantitative estimate of drug-likeness (QED) is 0.379. The number of carboxylic acids is 1. The largest absolute Gasteiger partial charge is 0.481 e. The third-order valence-corrected chi connectivity index (χ3v) is 5.66. The van der Waals surface area contributed by atoms with Gasteiger partial charge in [0.05, 0.1) is 0 Å². The molecule has 2 aromatic carbocycles. The number of amides is 2. The van der Waals surface area contributed by atoms with E-state index in [9.17, 15) is 14.4 Å². The van der Waals surface area contributed by atoms with Crippen LogP contribution in [0.5, 0.6) is 0 Å². The molecule has 0 radical (unpaired) electrons. The van der Waals surface area contributed by atoms with E-state index in [1.54, 1.807) is 6.92 Å². The van der Waals surface area contributed by atoms with Crippen molar-refractivity contribution in [2.75, 3.05) is 11.9 Å². The molecule has 1 unspecified atom stereocenters. The van der Waals surface area contributed by atoms with Gasteiger partial charge >= 0.3 is 12.1 Å². The van der Waals surface area contributed by atoms with E-state index >= 15 is 0 Å². The Morgan fingerprint density at radius 2 is 1.74 bits per heavy atom. The number of rotatable bonds is 9. The molecule has 0 bridgehead atoms. The summed E-state index contributed by atoms with van der Waals surface area (Å²) in [5, 5.41) is 20.1. The lowest BCUT2D eigenvalue weighted by molar-refractivity contribution is -0.137. The first-order valence-corrected chi connectivity index (χ1v) is 11.0. The highest BCUT2D eigenvalue weighted by Gasteiger charge is 2.29. The van der Waals surface area contributed by atoms with Gasteiger partial charge in [0.2, 0.25) is 5.82 Å². The van der Waals surface area contributed by atoms with Crippen molar-refractivity contribution in [1.82, 2.24) is 20.5 Å². The van der Waals surface area contributed by atoms with E-state index in [2.05, 4.69) is 37.9 Å². The summed E-state index contributed by atoms with van der Waals surface area (Å²) in [5.41, 5.74) is 4.47. The highest BCUT2D eigenvalue weighted by Crippen LogP contribution is 2.44. The van der Waals surface area contributed by atoms with Crippen molar-refractivity contribution in [3.63, 3.8) is 0 Å². The number of aromatic nitrogens is 3. The third kappa shape index (κ3) is 5.22. The summed E-state index contributed by atoms with van der Waals surface area (Å²) in [6.07, 6.45) is 0.269. The highest BCUT2D eigenvalue weighted by atomic mass is 16.5. The van der Waals surface area contributed by atoms with E-state index in [0.29, 0.717) is 12.8 Å². The number of fused-ring (bicyclic) bond motifs is 3. The van der Waals surface area contributed by atoms with E-state index in [-0.39, 0.29) is 36.8 Å². The van der Waals surface area contributed by atoms with Crippen LogP contribution in [0.4, 0.5) is 10.7 Å². The molecule has 0 saturated carbocycles. The van der Waals surface area contributed by atoms with Gasteiger partial charge in [0, 0.05) is 18.4 Å². The summed E-state index contributed by atoms with van der Waals surface area (Å²) < 4.78 is 5.45. The zero-order valence-corrected chi connectivity index (χ0v) is 18.6. The number of H-pyrrole nitrogens is 1. The van der Waals surface area contributed by atoms with Crippen LogP contribution >= 0.6 is 0 Å². The van der Waals surface area contributed by atoms with Crippen LogP contribution in [0.25, 0.3) is 11.1 Å². The van der Waals surface area contributed by atoms with Gasteiger partial charge in [-0.15, -0.1) is 5.10 Å². The summed E-state index contributed by atoms with van der Waals surface area (Å²) in [5.74, 6) is -1.61. The molecule has 0 saturated heterocycles. The number of carboxylic acid groups (broad SMARTS) is 1. The molecule has 176 valence electrons. The van der Waals surface area contributed by atoms with Gasteiger partial charge in [-0.1, -0.05) is 48.5 Å². The molecule has 10 heteroatoms. The number of ether oxygens (including phenoxy) is 1. The lowest BCUT2D eigenvalue weighted by Gasteiger charge is -2.14. The number of carbonyl (C=O) groups excluding carboxylic acids is 2. The summed E-state index contributed by atoms with van der Waals surface area (Å²) in [7, 11) is 0. The first-order chi connectivity index (χ1) is 16.4. The number of nitrogens with one attached hydrogen (secondary N) is 3. The van der Waals surface area contributed by atoms with E-state index in [0.717, 1.165) is 22.3 Å². The smallest absolute Gasteiger partial charge is 0.414 e. The van der Waals surface area contributed by atoms with Crippen molar-refractivity contribution in [2.45, 2.75) is 38.1 Å². The van der Waals surface area contributed by atoms with Crippen LogP contribution in [0.1, 0.15) is 53.8 Å². The Bertz CT molecular complexity index is 1160. The van der Waals surface area contributed by atoms with Gasteiger partial charge in [-0.3, -0.25) is 20.0 Å². The van der Waals surface area contributed by atoms with Gasteiger partial charge in [0.1, 0.15) is 6.61 Å². The van der Waals surface area contributed by atoms with Crippen LogP contribution in [0.3, 0.4) is 0 Å². The number of hydrogen-bond acceptors (Lipinski definition) is 6. The molecule has 3 aromatic rings. The van der Waals surface area contributed by atoms with Crippen molar-refractivity contribution >= 4 is 23.9 Å². The molecule has 1 aromatic heterocycles. The standard InChI is InChI=1S/C24H25N5O5/c1-14(7-6-12-20(30)31)25-22(32)21-26-23(29-28-21)27-24(33)34-13-19-17-10-4-2-8-15(17)16-9-3-5-11-18(16)19/h2-5,8-11,14,19H,6-7,12-13H2,1H3,(H,25,32)(H,30,31)(H2,26,27,28,29,33). The van der Waals surface area contributed by atoms with E-state index in [1.807, 2.05) is 36.4 Å². The van der Waals surface area contributed by atoms with E-state index < -0.39 is 18.0 Å². The summed E-state index contributed by atoms with van der Waals surface area (Å²) in [6.45, 7) is 1.91. The van der Waals surface area contributed by atoms with Crippen LogP contribution in [-0.2, 0) is 9.53 Å². The molecule has 1 aliphatic carbocycles. The van der Waals surface area contributed by atoms with Gasteiger partial charge in [0.15, 0.2) is 0 Å². The van der Waals surface area contributed by atoms with Crippen molar-refractivity contribution in [3.8, 4) is 11.1 Å². The molecule has 1 heterocycles. The molecule has 0 fully saturated rings. The number of benzene rings is 2. The van der Waals surface area contributed by atoms with Gasteiger partial charge in [-0.2, -0.15) is 4.98 Å². The maximum absolute atomic E-state index is 12.3. The monoisotopic (exact) mass is 463 g/mol. The number of carbonyl (C=O) groups is 3. The number of aromatic amines is 1. The number of hydrogen-bond donors (Lipinski definition) is 4. The van der Waals surface area contributed by atoms with Crippen LogP contribution in [0.2, 0.25) is 0 Å². The van der Waals surface area contributed by atoms with Gasteiger partial charge in [-0.25, -0.2) is 4.79 Å². The predicted molar refractivity (Wildman–Crippen MR) is 123 cm³/mol. The summed E-state index contributed by atoms with van der Waals surface area (Å²) in [4.78, 5) is 39.2. The molecule has 1 atom stereocenters. The van der Waals surface area contributed by atoms with Gasteiger partial charge in [0.25, 0.3) is 11.9 Å². The second kappa shape index (κ2) is 10.2. The molecule has 4 N–H and O–H groups in total. The van der Waals surface area contributed by atoms with Crippen LogP contribution < -0.4 is 10.6 Å². The first kappa shape index (κ1) is 23.0. The lowest BCUT2D eigenvalue weighted by Crippen LogP contribution is -2.33. The van der Waals surface area contributed by atoms with Gasteiger partial charge in [-0.05, 0) is 42.0 Å². The van der Waals surface area contributed by atoms with Gasteiger partial charge < -0.3 is 15.2 Å². The second-order valence-corrected chi connectivity index (χ2v) is 8.12. The van der Waals surface area contributed by atoms with Crippen molar-refractivity contribution in [3.05, 3.63) is 65.5 Å². The number of nitrogens with zero attached hydrogens (tertiary/aromatic N) is 2. The Kier molecular flexibility index (Phi) is 6.86. The fourth-order valence-electron chi connectivity index (χ4n) is 4.07. The minimum Gasteiger partial charge on any atom is -0.481 e. The molecule has 0 spiro atoms. The molecule has 34 heavy (non-hydrogen) atoms. The first-order valence-electron chi connectivity index (χ1n) is 11.0. The molecule has 1 aliphatic rings. The zero-order valence-electron chi connectivity index (χ0n) is 18.6. The van der Waals surface area contributed by atoms with Crippen LogP contribution in [0.15, 0.2) is 48.5 Å². The molecular formula is C24H25N5O5. The van der Waals surface area contributed by atoms with Crippen LogP contribution in [0, 0.1) is 0 Å². The van der Waals surface area contributed by atoms with Crippen molar-refractivity contribution in [1.29, 1.82) is 0 Å². The minimum absolute atomic E-state index is 0.0384. The highest BCUT2D eigenvalue weighted by molar-refractivity contribution is 5.91. The molecular weight excluding hydrogens is 438 g/mol. The fourth-order valence-corrected chi connectivity index (χ4v) is 4.07. The summed E-state index contributed by atoms with van der Waals surface area (Å²) in [6, 6.07) is 15.8. The number of aliphatic carboxylic acids is 1. The molecule has 0 aliphatic heterocycles. The fraction of sp³-hybridized carbons (Fsp3) is 0.292. The Morgan fingerprint density at radius 3 is 2.38 bits per heavy atom. The zero-order chi connectivity index (χ0) is 24.1. The van der Waals surface area contributed by atoms with E-state index in [1.165, 1.54) is 0 Å². The minimum atomic E-state index is -0.877. The molecule has 4 rings (SSSR count).